The topological polar surface area (TPSA) is 69.2 Å². The highest BCUT2D eigenvalue weighted by molar-refractivity contribution is 5.83. The second kappa shape index (κ2) is 10.3. The number of nitrogens with one attached hydrogen (secondary N) is 1. The van der Waals surface area contributed by atoms with Gasteiger partial charge in [0, 0.05) is 0 Å². The first-order valence-corrected chi connectivity index (χ1v) is 9.28. The molecule has 1 N–H and O–H groups in total. The van der Waals surface area contributed by atoms with Gasteiger partial charge in [-0.2, -0.15) is 5.10 Å². The first kappa shape index (κ1) is 21.3. The minimum Gasteiger partial charge on any atom is -0.493 e. The van der Waals surface area contributed by atoms with Gasteiger partial charge in [-0.15, -0.1) is 0 Å². The quantitative estimate of drug-likeness (QED) is 0.525. The molecule has 0 heterocycles. The van der Waals surface area contributed by atoms with Crippen LogP contribution >= 0.6 is 0 Å². The number of rotatable bonds is 9. The molecule has 0 fully saturated rings. The molecule has 0 saturated carbocycles. The van der Waals surface area contributed by atoms with E-state index in [-0.39, 0.29) is 12.5 Å². The number of hydrogen-bond donors (Lipinski definition) is 1. The minimum absolute atomic E-state index is 0.103. The molecular formula is C22H28N2O4. The van der Waals surface area contributed by atoms with Gasteiger partial charge in [0.25, 0.3) is 5.91 Å². The molecule has 0 radical (unpaired) electrons. The second-order valence-electron chi connectivity index (χ2n) is 6.55. The molecule has 0 saturated heterocycles. The summed E-state index contributed by atoms with van der Waals surface area (Å²) in [6, 6.07) is 9.48. The monoisotopic (exact) mass is 384 g/mol. The number of ether oxygens (including phenoxy) is 3. The number of amides is 1. The van der Waals surface area contributed by atoms with Crippen LogP contribution in [0.15, 0.2) is 35.4 Å². The summed E-state index contributed by atoms with van der Waals surface area (Å²) >= 11 is 0. The first-order chi connectivity index (χ1) is 13.4. The molecule has 2 aromatic carbocycles. The van der Waals surface area contributed by atoms with E-state index in [0.29, 0.717) is 23.9 Å². The Labute approximate surface area is 166 Å². The maximum Gasteiger partial charge on any atom is 0.277 e. The van der Waals surface area contributed by atoms with Crippen LogP contribution in [0.5, 0.6) is 17.2 Å². The van der Waals surface area contributed by atoms with Crippen LogP contribution in [-0.4, -0.2) is 32.4 Å². The highest BCUT2D eigenvalue weighted by Crippen LogP contribution is 2.27. The fourth-order valence-electron chi connectivity index (χ4n) is 2.60. The lowest BCUT2D eigenvalue weighted by atomic mass is 10.1. The summed E-state index contributed by atoms with van der Waals surface area (Å²) < 4.78 is 16.6. The third-order valence-corrected chi connectivity index (χ3v) is 4.18. The summed E-state index contributed by atoms with van der Waals surface area (Å²) in [4.78, 5) is 12.0. The van der Waals surface area contributed by atoms with Crippen LogP contribution in [0.25, 0.3) is 0 Å². The Kier molecular flexibility index (Phi) is 7.87. The van der Waals surface area contributed by atoms with E-state index < -0.39 is 0 Å². The van der Waals surface area contributed by atoms with Gasteiger partial charge in [-0.3, -0.25) is 4.79 Å². The number of hydrogen-bond acceptors (Lipinski definition) is 5. The Morgan fingerprint density at radius 1 is 1.07 bits per heavy atom. The average molecular weight is 384 g/mol. The van der Waals surface area contributed by atoms with E-state index in [1.54, 1.807) is 19.4 Å². The van der Waals surface area contributed by atoms with Crippen molar-refractivity contribution in [1.29, 1.82) is 0 Å². The Balaban J connectivity index is 1.91. The Hall–Kier alpha value is -3.02. The van der Waals surface area contributed by atoms with Crippen LogP contribution < -0.4 is 19.6 Å². The largest absolute Gasteiger partial charge is 0.493 e. The fourth-order valence-corrected chi connectivity index (χ4v) is 2.60. The third-order valence-electron chi connectivity index (χ3n) is 4.18. The molecule has 0 bridgehead atoms. The highest BCUT2D eigenvalue weighted by Gasteiger charge is 2.07. The molecule has 28 heavy (non-hydrogen) atoms. The van der Waals surface area contributed by atoms with Gasteiger partial charge in [-0.05, 0) is 73.7 Å². The van der Waals surface area contributed by atoms with Gasteiger partial charge in [-0.25, -0.2) is 5.43 Å². The summed E-state index contributed by atoms with van der Waals surface area (Å²) in [5, 5.41) is 3.98. The predicted octanol–water partition coefficient (Wildman–Crippen LogP) is 3.94. The summed E-state index contributed by atoms with van der Waals surface area (Å²) in [6.07, 6.45) is 2.47. The van der Waals surface area contributed by atoms with Gasteiger partial charge in [0.05, 0.1) is 19.9 Å². The number of hydrazone groups is 1. The molecular weight excluding hydrogens is 356 g/mol. The van der Waals surface area contributed by atoms with Gasteiger partial charge in [0.1, 0.15) is 5.75 Å². The van der Waals surface area contributed by atoms with E-state index in [1.807, 2.05) is 45.9 Å². The van der Waals surface area contributed by atoms with E-state index >= 15 is 0 Å². The maximum absolute atomic E-state index is 12.0. The Bertz CT molecular complexity index is 847. The number of nitrogens with zero attached hydrogens (tertiary/aromatic N) is 1. The number of methoxy groups -OCH3 is 1. The lowest BCUT2D eigenvalue weighted by Crippen LogP contribution is -2.24. The first-order valence-electron chi connectivity index (χ1n) is 9.28. The van der Waals surface area contributed by atoms with Crippen molar-refractivity contribution in [3.05, 3.63) is 52.6 Å². The second-order valence-corrected chi connectivity index (χ2v) is 6.55. The summed E-state index contributed by atoms with van der Waals surface area (Å²) in [5.74, 6) is 1.69. The van der Waals surface area contributed by atoms with E-state index in [0.717, 1.165) is 28.7 Å². The van der Waals surface area contributed by atoms with Crippen LogP contribution in [0.2, 0.25) is 0 Å². The summed E-state index contributed by atoms with van der Waals surface area (Å²) in [7, 11) is 1.59. The van der Waals surface area contributed by atoms with E-state index in [1.165, 1.54) is 0 Å². The van der Waals surface area contributed by atoms with Crippen molar-refractivity contribution in [3.8, 4) is 17.2 Å². The van der Waals surface area contributed by atoms with Gasteiger partial charge in [-0.1, -0.05) is 13.0 Å². The van der Waals surface area contributed by atoms with Crippen LogP contribution in [0.4, 0.5) is 0 Å². The maximum atomic E-state index is 12.0. The van der Waals surface area contributed by atoms with Crippen molar-refractivity contribution < 1.29 is 19.0 Å². The van der Waals surface area contributed by atoms with Crippen molar-refractivity contribution in [2.75, 3.05) is 20.3 Å². The molecule has 0 aliphatic heterocycles. The molecule has 6 heteroatoms. The van der Waals surface area contributed by atoms with Gasteiger partial charge in [0.2, 0.25) is 0 Å². The Morgan fingerprint density at radius 3 is 2.57 bits per heavy atom. The molecule has 0 aromatic heterocycles. The average Bonchev–Trinajstić information content (AvgIpc) is 2.68. The van der Waals surface area contributed by atoms with Crippen molar-refractivity contribution >= 4 is 12.1 Å². The number of aryl methyl sites for hydroxylation is 2. The van der Waals surface area contributed by atoms with Crippen LogP contribution in [0.3, 0.4) is 0 Å². The smallest absolute Gasteiger partial charge is 0.277 e. The standard InChI is InChI=1S/C22H28N2O4/c1-6-9-27-19-8-7-18(12-21(19)26-5)13-23-24-22(25)14-28-20-11-15(2)10-16(3)17(20)4/h7-8,10-13H,6,9,14H2,1-5H3,(H,24,25)/b23-13+. The van der Waals surface area contributed by atoms with Gasteiger partial charge in [0.15, 0.2) is 18.1 Å². The van der Waals surface area contributed by atoms with Gasteiger partial charge < -0.3 is 14.2 Å². The minimum atomic E-state index is -0.329. The van der Waals surface area contributed by atoms with Crippen molar-refractivity contribution in [2.45, 2.75) is 34.1 Å². The van der Waals surface area contributed by atoms with Crippen molar-refractivity contribution in [2.24, 2.45) is 5.10 Å². The zero-order chi connectivity index (χ0) is 20.5. The van der Waals surface area contributed by atoms with Crippen LogP contribution in [0.1, 0.15) is 35.6 Å². The zero-order valence-corrected chi connectivity index (χ0v) is 17.2. The normalized spacial score (nSPS) is 10.8. The molecule has 1 amide bonds. The summed E-state index contributed by atoms with van der Waals surface area (Å²) in [6.45, 7) is 8.56. The highest BCUT2D eigenvalue weighted by atomic mass is 16.5. The van der Waals surface area contributed by atoms with Crippen molar-refractivity contribution in [1.82, 2.24) is 5.43 Å². The van der Waals surface area contributed by atoms with Gasteiger partial charge >= 0.3 is 0 Å². The molecule has 0 aliphatic carbocycles. The molecule has 0 aliphatic rings. The SMILES string of the molecule is CCCOc1ccc(/C=N/NC(=O)COc2cc(C)cc(C)c2C)cc1OC. The van der Waals surface area contributed by atoms with E-state index in [4.69, 9.17) is 14.2 Å². The Morgan fingerprint density at radius 2 is 1.86 bits per heavy atom. The molecule has 2 rings (SSSR count). The fraction of sp³-hybridized carbons (Fsp3) is 0.364. The van der Waals surface area contributed by atoms with E-state index in [9.17, 15) is 4.79 Å². The number of carbonyl (C=O) groups is 1. The summed E-state index contributed by atoms with van der Waals surface area (Å²) in [5.41, 5.74) is 6.51. The number of benzene rings is 2. The molecule has 2 aromatic rings. The predicted molar refractivity (Wildman–Crippen MR) is 111 cm³/mol. The lowest BCUT2D eigenvalue weighted by Gasteiger charge is -2.11. The molecule has 150 valence electrons. The lowest BCUT2D eigenvalue weighted by molar-refractivity contribution is -0.123. The molecule has 0 unspecified atom stereocenters. The number of carbonyl (C=O) groups excluding carboxylic acids is 1. The third kappa shape index (κ3) is 6.01. The molecule has 0 atom stereocenters. The van der Waals surface area contributed by atoms with E-state index in [2.05, 4.69) is 16.6 Å². The molecule has 0 spiro atoms. The van der Waals surface area contributed by atoms with Crippen molar-refractivity contribution in [3.63, 3.8) is 0 Å². The molecule has 6 nitrogen and oxygen atoms in total. The van der Waals surface area contributed by atoms with Crippen LogP contribution in [0, 0.1) is 20.8 Å². The van der Waals surface area contributed by atoms with Crippen LogP contribution in [-0.2, 0) is 4.79 Å². The zero-order valence-electron chi connectivity index (χ0n) is 17.2.